The summed E-state index contributed by atoms with van der Waals surface area (Å²) < 4.78 is 17.7. The molecule has 142 valence electrons. The zero-order valence-electron chi connectivity index (χ0n) is 15.0. The third-order valence-corrected chi connectivity index (χ3v) is 5.05. The number of benzene rings is 1. The largest absolute Gasteiger partial charge is 0.338 e. The average molecular weight is 484 g/mol. The summed E-state index contributed by atoms with van der Waals surface area (Å²) >= 11 is 1.99. The van der Waals surface area contributed by atoms with E-state index in [0.29, 0.717) is 16.5 Å². The molecule has 0 saturated carbocycles. The van der Waals surface area contributed by atoms with E-state index in [1.165, 1.54) is 28.3 Å². The third-order valence-electron chi connectivity index (χ3n) is 4.38. The van der Waals surface area contributed by atoms with Crippen LogP contribution in [0.5, 0.6) is 0 Å². The van der Waals surface area contributed by atoms with Crippen LogP contribution in [-0.2, 0) is 13.6 Å². The number of fused-ring (bicyclic) bond motifs is 1. The van der Waals surface area contributed by atoms with Crippen LogP contribution in [-0.4, -0.2) is 14.1 Å². The lowest BCUT2D eigenvalue weighted by atomic mass is 10.1. The topological polar surface area (TPSA) is 88.9 Å². The van der Waals surface area contributed by atoms with E-state index >= 15 is 0 Å². The van der Waals surface area contributed by atoms with Crippen LogP contribution in [0.15, 0.2) is 32.6 Å². The lowest BCUT2D eigenvalue weighted by Gasteiger charge is -2.18. The quantitative estimate of drug-likeness (QED) is 0.558. The van der Waals surface area contributed by atoms with Gasteiger partial charge < -0.3 is 5.32 Å². The van der Waals surface area contributed by atoms with Crippen LogP contribution < -0.4 is 22.1 Å². The van der Waals surface area contributed by atoms with Crippen LogP contribution in [0.4, 0.5) is 15.9 Å². The Bertz CT molecular complexity index is 1230. The first-order valence-corrected chi connectivity index (χ1v) is 9.42. The van der Waals surface area contributed by atoms with E-state index in [4.69, 9.17) is 0 Å². The van der Waals surface area contributed by atoms with Crippen molar-refractivity contribution < 1.29 is 4.39 Å². The molecule has 0 saturated heterocycles. The lowest BCUT2D eigenvalue weighted by Crippen LogP contribution is -2.34. The van der Waals surface area contributed by atoms with Gasteiger partial charge in [0.1, 0.15) is 17.0 Å². The van der Waals surface area contributed by atoms with Gasteiger partial charge in [-0.3, -0.25) is 23.7 Å². The van der Waals surface area contributed by atoms with Gasteiger partial charge in [-0.05, 0) is 54.1 Å². The molecular weight excluding hydrogens is 466 g/mol. The van der Waals surface area contributed by atoms with Crippen molar-refractivity contribution in [1.29, 1.82) is 0 Å². The second kappa shape index (κ2) is 7.29. The normalized spacial score (nSPS) is 11.1. The monoisotopic (exact) mass is 484 g/mol. The molecule has 0 unspecified atom stereocenters. The van der Waals surface area contributed by atoms with Crippen molar-refractivity contribution in [3.8, 4) is 0 Å². The Morgan fingerprint density at radius 1 is 1.26 bits per heavy atom. The van der Waals surface area contributed by atoms with Gasteiger partial charge in [0.15, 0.2) is 0 Å². The predicted octanol–water partition coefficient (Wildman–Crippen LogP) is 2.59. The molecule has 9 heteroatoms. The Kier molecular flexibility index (Phi) is 5.22. The van der Waals surface area contributed by atoms with Gasteiger partial charge in [0, 0.05) is 22.7 Å². The summed E-state index contributed by atoms with van der Waals surface area (Å²) in [6, 6.07) is 4.58. The molecule has 2 heterocycles. The summed E-state index contributed by atoms with van der Waals surface area (Å²) in [5.41, 5.74) is -0.888. The molecule has 3 rings (SSSR count). The smallest absolute Gasteiger partial charge is 0.328 e. The molecule has 3 aromatic rings. The van der Waals surface area contributed by atoms with Crippen molar-refractivity contribution in [3.63, 3.8) is 0 Å². The minimum atomic E-state index is -0.630. The van der Waals surface area contributed by atoms with Crippen LogP contribution in [0, 0.1) is 16.3 Å². The van der Waals surface area contributed by atoms with E-state index in [0.717, 1.165) is 0 Å². The van der Waals surface area contributed by atoms with E-state index in [1.54, 1.807) is 13.0 Å². The molecule has 27 heavy (non-hydrogen) atoms. The molecule has 0 aliphatic carbocycles. The van der Waals surface area contributed by atoms with E-state index in [1.807, 2.05) is 29.5 Å². The molecule has 0 amide bonds. The molecular formula is C18H18FIN4O3. The van der Waals surface area contributed by atoms with Crippen molar-refractivity contribution in [2.45, 2.75) is 26.8 Å². The summed E-state index contributed by atoms with van der Waals surface area (Å²) in [7, 11) is 1.50. The number of H-pyrrole nitrogens is 1. The fourth-order valence-electron chi connectivity index (χ4n) is 3.10. The van der Waals surface area contributed by atoms with E-state index in [2.05, 4.69) is 10.3 Å². The Balaban J connectivity index is 2.42. The zero-order chi connectivity index (χ0) is 19.9. The second-order valence-electron chi connectivity index (χ2n) is 6.22. The van der Waals surface area contributed by atoms with Gasteiger partial charge in [-0.2, -0.15) is 0 Å². The molecule has 2 aromatic heterocycles. The minimum absolute atomic E-state index is 0.128. The predicted molar refractivity (Wildman–Crippen MR) is 111 cm³/mol. The van der Waals surface area contributed by atoms with Crippen molar-refractivity contribution in [2.75, 3.05) is 5.32 Å². The van der Waals surface area contributed by atoms with Gasteiger partial charge >= 0.3 is 5.69 Å². The number of hydrogen-bond acceptors (Lipinski definition) is 4. The number of nitrogens with one attached hydrogen (secondary N) is 2. The SMILES string of the molecule is CCCn1c(=O)[nH]c(=O)c2c(Nc3ccc(I)cc3F)n(C)c(=O)c(C)c21. The Hall–Kier alpha value is -2.43. The molecule has 0 fully saturated rings. The van der Waals surface area contributed by atoms with Crippen LogP contribution in [0.25, 0.3) is 10.9 Å². The molecule has 0 spiro atoms. The number of aryl methyl sites for hydroxylation is 2. The molecule has 1 aromatic carbocycles. The number of aromatic amines is 1. The van der Waals surface area contributed by atoms with Crippen LogP contribution >= 0.6 is 22.6 Å². The fourth-order valence-corrected chi connectivity index (χ4v) is 3.56. The number of rotatable bonds is 4. The number of pyridine rings is 1. The molecule has 0 bridgehead atoms. The maximum absolute atomic E-state index is 14.3. The van der Waals surface area contributed by atoms with E-state index in [-0.39, 0.29) is 33.5 Å². The highest BCUT2D eigenvalue weighted by Gasteiger charge is 2.20. The molecule has 0 aliphatic heterocycles. The minimum Gasteiger partial charge on any atom is -0.338 e. The zero-order valence-corrected chi connectivity index (χ0v) is 17.2. The first-order valence-electron chi connectivity index (χ1n) is 8.34. The van der Waals surface area contributed by atoms with Crippen LogP contribution in [0.2, 0.25) is 0 Å². The number of nitrogens with zero attached hydrogens (tertiary/aromatic N) is 2. The highest BCUT2D eigenvalue weighted by molar-refractivity contribution is 14.1. The Morgan fingerprint density at radius 2 is 1.96 bits per heavy atom. The molecule has 0 aliphatic rings. The van der Waals surface area contributed by atoms with Crippen molar-refractivity contribution in [2.24, 2.45) is 7.05 Å². The summed E-state index contributed by atoms with van der Waals surface area (Å²) in [6.07, 6.45) is 0.643. The second-order valence-corrected chi connectivity index (χ2v) is 7.47. The summed E-state index contributed by atoms with van der Waals surface area (Å²) in [6.45, 7) is 3.81. The maximum atomic E-state index is 14.3. The van der Waals surface area contributed by atoms with Gasteiger partial charge in [-0.25, -0.2) is 9.18 Å². The summed E-state index contributed by atoms with van der Waals surface area (Å²) in [5.74, 6) is -0.381. The first kappa shape index (κ1) is 19.3. The number of halogens is 2. The van der Waals surface area contributed by atoms with Crippen LogP contribution in [0.3, 0.4) is 0 Å². The van der Waals surface area contributed by atoms with Crippen molar-refractivity contribution in [1.82, 2.24) is 14.1 Å². The number of hydrogen-bond donors (Lipinski definition) is 2. The van der Waals surface area contributed by atoms with E-state index < -0.39 is 17.1 Å². The number of anilines is 2. The summed E-state index contributed by atoms with van der Waals surface area (Å²) in [4.78, 5) is 39.9. The maximum Gasteiger partial charge on any atom is 0.328 e. The van der Waals surface area contributed by atoms with E-state index in [9.17, 15) is 18.8 Å². The third kappa shape index (κ3) is 3.31. The number of aromatic nitrogens is 3. The van der Waals surface area contributed by atoms with Gasteiger partial charge in [0.2, 0.25) is 0 Å². The standard InChI is InChI=1S/C18H18FIN4O3/c1-4-7-24-14-9(2)17(26)23(3)15(13(14)16(25)22-18(24)27)21-12-6-5-10(20)8-11(12)19/h5-6,8,21H,4,7H2,1-3H3,(H,22,25,27). The fraction of sp³-hybridized carbons (Fsp3) is 0.278. The highest BCUT2D eigenvalue weighted by atomic mass is 127. The molecule has 0 atom stereocenters. The Labute approximate surface area is 167 Å². The van der Waals surface area contributed by atoms with Gasteiger partial charge in [-0.15, -0.1) is 0 Å². The average Bonchev–Trinajstić information content (AvgIpc) is 2.61. The first-order chi connectivity index (χ1) is 12.8. The Morgan fingerprint density at radius 3 is 2.59 bits per heavy atom. The summed E-state index contributed by atoms with van der Waals surface area (Å²) in [5, 5.41) is 3.00. The van der Waals surface area contributed by atoms with Crippen LogP contribution in [0.1, 0.15) is 18.9 Å². The van der Waals surface area contributed by atoms with Gasteiger partial charge in [-0.1, -0.05) is 6.92 Å². The van der Waals surface area contributed by atoms with Gasteiger partial charge in [0.05, 0.1) is 11.2 Å². The van der Waals surface area contributed by atoms with Gasteiger partial charge in [0.25, 0.3) is 11.1 Å². The lowest BCUT2D eigenvalue weighted by molar-refractivity contribution is 0.630. The highest BCUT2D eigenvalue weighted by Crippen LogP contribution is 2.26. The van der Waals surface area contributed by atoms with Crippen molar-refractivity contribution in [3.05, 3.63) is 64.3 Å². The molecule has 2 N–H and O–H groups in total. The molecule has 0 radical (unpaired) electrons. The van der Waals surface area contributed by atoms with Crippen molar-refractivity contribution >= 4 is 45.0 Å². The molecule has 7 nitrogen and oxygen atoms in total.